The van der Waals surface area contributed by atoms with Crippen LogP contribution in [0.4, 0.5) is 21.0 Å². The Balaban J connectivity index is 1.04. The number of carbonyl (C=O) groups is 2. The van der Waals surface area contributed by atoms with E-state index >= 15 is 4.39 Å². The summed E-state index contributed by atoms with van der Waals surface area (Å²) in [5.41, 5.74) is 3.97. The lowest BCUT2D eigenvalue weighted by molar-refractivity contribution is -0.129. The molecule has 3 aromatic heterocycles. The highest BCUT2D eigenvalue weighted by molar-refractivity contribution is 5.90. The number of hydroxylamine groups is 1. The van der Waals surface area contributed by atoms with Crippen molar-refractivity contribution in [2.45, 2.75) is 103 Å². The van der Waals surface area contributed by atoms with Crippen LogP contribution in [-0.2, 0) is 21.6 Å². The lowest BCUT2D eigenvalue weighted by atomic mass is 9.85. The molecule has 1 N–H and O–H groups in total. The number of hydrogen-bond donors (Lipinski definition) is 1. The minimum Gasteiger partial charge on any atom is -0.484 e. The number of rotatable bonds is 10. The van der Waals surface area contributed by atoms with Crippen LogP contribution in [0.3, 0.4) is 0 Å². The monoisotopic (exact) mass is 806 g/mol. The molecule has 4 atom stereocenters. The lowest BCUT2D eigenvalue weighted by Gasteiger charge is -2.39. The number of urea groups is 1. The number of pyridine rings is 1. The maximum Gasteiger partial charge on any atom is 0.357 e. The molecule has 0 bridgehead atoms. The van der Waals surface area contributed by atoms with E-state index in [1.807, 2.05) is 73.8 Å². The molecule has 0 unspecified atom stereocenters. The van der Waals surface area contributed by atoms with Gasteiger partial charge in [-0.2, -0.15) is 5.10 Å². The fraction of sp³-hybridized carbons (Fsp3) is 0.477. The summed E-state index contributed by atoms with van der Waals surface area (Å²) < 4.78 is 25.5. The van der Waals surface area contributed by atoms with Crippen LogP contribution >= 0.6 is 0 Å². The Morgan fingerprint density at radius 3 is 2.42 bits per heavy atom. The van der Waals surface area contributed by atoms with E-state index < -0.39 is 23.3 Å². The highest BCUT2D eigenvalue weighted by atomic mass is 19.1. The van der Waals surface area contributed by atoms with Gasteiger partial charge >= 0.3 is 12.5 Å². The molecule has 1 aliphatic carbocycles. The van der Waals surface area contributed by atoms with Crippen molar-refractivity contribution in [3.05, 3.63) is 95.1 Å². The highest BCUT2D eigenvalue weighted by Crippen LogP contribution is 2.40. The van der Waals surface area contributed by atoms with E-state index in [0.29, 0.717) is 48.6 Å². The molecule has 2 fully saturated rings. The molecule has 312 valence electrons. The molecule has 3 aliphatic rings. The average molecular weight is 807 g/mol. The number of fused-ring (bicyclic) bond motifs is 2. The number of likely N-dealkylation sites (N-methyl/N-ethyl adjacent to an activating group) is 1. The standard InChI is InChI=1S/C44H55FN10O4/c1-29-10-9-11-30(2)53(29)42-48-47-40-17-14-34(27-52(40)42)59-38-16-15-37(35-12-7-8-13-36(35)38)46-43(57)55(58-28-56)41-25-39(44(3,4)5)49-54(41)33-23-31(22-32(45)24-33)26-51-20-18-50(6)19-21-51/h7-8,12-14,17,22-25,27-30,37-38H,9-11,15-16,18-21,26H2,1-6H3,(H,46,57)/t29-,30+,37-,38+/m0/s1. The number of nitrogens with one attached hydrogen (secondary N) is 1. The predicted molar refractivity (Wildman–Crippen MR) is 223 cm³/mol. The first-order valence-electron chi connectivity index (χ1n) is 20.8. The van der Waals surface area contributed by atoms with Crippen molar-refractivity contribution in [1.29, 1.82) is 0 Å². The van der Waals surface area contributed by atoms with Crippen molar-refractivity contribution in [1.82, 2.24) is 39.5 Å². The summed E-state index contributed by atoms with van der Waals surface area (Å²) in [5, 5.41) is 17.9. The number of carbonyl (C=O) groups excluding carboxylic acids is 2. The van der Waals surface area contributed by atoms with Gasteiger partial charge in [0.05, 0.1) is 23.6 Å². The Morgan fingerprint density at radius 1 is 0.949 bits per heavy atom. The number of hydrogen-bond acceptors (Lipinski definition) is 10. The summed E-state index contributed by atoms with van der Waals surface area (Å²) in [6, 6.07) is 17.9. The van der Waals surface area contributed by atoms with Gasteiger partial charge in [0.25, 0.3) is 0 Å². The molecule has 0 saturated carbocycles. The molecule has 0 radical (unpaired) electrons. The van der Waals surface area contributed by atoms with E-state index in [9.17, 15) is 9.59 Å². The van der Waals surface area contributed by atoms with Crippen molar-refractivity contribution < 1.29 is 23.6 Å². The van der Waals surface area contributed by atoms with Gasteiger partial charge in [0, 0.05) is 56.3 Å². The average Bonchev–Trinajstić information content (AvgIpc) is 3.84. The Kier molecular flexibility index (Phi) is 11.3. The third-order valence-corrected chi connectivity index (χ3v) is 12.0. The van der Waals surface area contributed by atoms with Crippen LogP contribution in [0.2, 0.25) is 0 Å². The Labute approximate surface area is 344 Å². The third-order valence-electron chi connectivity index (χ3n) is 12.0. The second-order valence-electron chi connectivity index (χ2n) is 17.4. The summed E-state index contributed by atoms with van der Waals surface area (Å²) in [6.45, 7) is 14.9. The summed E-state index contributed by atoms with van der Waals surface area (Å²) in [4.78, 5) is 38.7. The van der Waals surface area contributed by atoms with E-state index in [1.165, 1.54) is 23.2 Å². The summed E-state index contributed by atoms with van der Waals surface area (Å²) in [7, 11) is 2.10. The fourth-order valence-electron chi connectivity index (χ4n) is 8.75. The number of aromatic nitrogens is 5. The van der Waals surface area contributed by atoms with Gasteiger partial charge in [0.1, 0.15) is 17.7 Å². The van der Waals surface area contributed by atoms with Gasteiger partial charge in [-0.3, -0.25) is 14.1 Å². The number of amides is 2. The fourth-order valence-corrected chi connectivity index (χ4v) is 8.75. The molecule has 2 amide bonds. The van der Waals surface area contributed by atoms with Crippen molar-refractivity contribution in [2.24, 2.45) is 0 Å². The first-order valence-corrected chi connectivity index (χ1v) is 20.8. The van der Waals surface area contributed by atoms with Crippen LogP contribution in [0, 0.1) is 5.82 Å². The smallest absolute Gasteiger partial charge is 0.357 e. The number of piperidine rings is 1. The van der Waals surface area contributed by atoms with Crippen LogP contribution in [0.15, 0.2) is 66.9 Å². The quantitative estimate of drug-likeness (QED) is 0.115. The topological polar surface area (TPSA) is 126 Å². The second-order valence-corrected chi connectivity index (χ2v) is 17.4. The number of ether oxygens (including phenoxy) is 1. The van der Waals surface area contributed by atoms with Gasteiger partial charge in [-0.05, 0) is 100 Å². The Morgan fingerprint density at radius 2 is 1.69 bits per heavy atom. The zero-order valence-corrected chi connectivity index (χ0v) is 34.8. The second kappa shape index (κ2) is 16.6. The van der Waals surface area contributed by atoms with Crippen molar-refractivity contribution in [2.75, 3.05) is 43.2 Å². The molecule has 8 rings (SSSR count). The molecular formula is C44H55FN10O4. The first kappa shape index (κ1) is 40.2. The molecule has 59 heavy (non-hydrogen) atoms. The third kappa shape index (κ3) is 8.49. The van der Waals surface area contributed by atoms with Gasteiger partial charge < -0.3 is 24.7 Å². The van der Waals surface area contributed by atoms with Crippen molar-refractivity contribution in [3.63, 3.8) is 0 Å². The molecule has 5 aromatic rings. The van der Waals surface area contributed by atoms with E-state index in [2.05, 4.69) is 51.1 Å². The maximum atomic E-state index is 15.3. The number of piperazine rings is 1. The Hall–Kier alpha value is -5.54. The normalized spacial score (nSPS) is 21.6. The number of anilines is 2. The van der Waals surface area contributed by atoms with Gasteiger partial charge in [0.15, 0.2) is 11.5 Å². The van der Waals surface area contributed by atoms with Gasteiger partial charge in [-0.1, -0.05) is 45.0 Å². The zero-order chi connectivity index (χ0) is 41.4. The number of nitrogens with zero attached hydrogens (tertiary/aromatic N) is 9. The molecule has 14 nitrogen and oxygen atoms in total. The summed E-state index contributed by atoms with van der Waals surface area (Å²) in [6.07, 6.45) is 6.26. The first-order chi connectivity index (χ1) is 28.4. The van der Waals surface area contributed by atoms with E-state index in [1.54, 1.807) is 6.07 Å². The van der Waals surface area contributed by atoms with Crippen LogP contribution in [-0.4, -0.2) is 92.0 Å². The zero-order valence-electron chi connectivity index (χ0n) is 34.8. The minimum atomic E-state index is -0.668. The predicted octanol–water partition coefficient (Wildman–Crippen LogP) is 7.13. The van der Waals surface area contributed by atoms with Crippen LogP contribution in [0.5, 0.6) is 5.75 Å². The van der Waals surface area contributed by atoms with E-state index in [-0.39, 0.29) is 18.4 Å². The van der Waals surface area contributed by atoms with Crippen LogP contribution < -0.4 is 20.0 Å². The van der Waals surface area contributed by atoms with Crippen LogP contribution in [0.1, 0.15) is 101 Å². The lowest BCUT2D eigenvalue weighted by Crippen LogP contribution is -2.44. The van der Waals surface area contributed by atoms with Gasteiger partial charge in [-0.25, -0.2) is 13.9 Å². The van der Waals surface area contributed by atoms with Crippen molar-refractivity contribution in [3.8, 4) is 11.4 Å². The van der Waals surface area contributed by atoms with E-state index in [4.69, 9.17) is 14.7 Å². The SMILES string of the molecule is C[C@@H]1CCC[C@H](C)N1c1nnc2ccc(O[C@@H]3CC[C@H](NC(=O)N(OC=O)c4cc(C(C)(C)C)nn4-c4cc(F)cc(CN5CCN(C)CC5)c4)c4ccccc43)cn12. The molecule has 2 aromatic carbocycles. The molecule has 0 spiro atoms. The summed E-state index contributed by atoms with van der Waals surface area (Å²) >= 11 is 0. The number of benzene rings is 2. The maximum absolute atomic E-state index is 15.3. The van der Waals surface area contributed by atoms with Crippen molar-refractivity contribution >= 4 is 29.9 Å². The Bertz CT molecular complexity index is 2290. The molecule has 5 heterocycles. The minimum absolute atomic E-state index is 0.165. The van der Waals surface area contributed by atoms with Gasteiger partial charge in [0.2, 0.25) is 5.95 Å². The number of halogens is 1. The molecular weight excluding hydrogens is 752 g/mol. The molecule has 15 heteroatoms. The highest BCUT2D eigenvalue weighted by Gasteiger charge is 2.34. The van der Waals surface area contributed by atoms with Crippen LogP contribution in [0.25, 0.3) is 11.3 Å². The summed E-state index contributed by atoms with van der Waals surface area (Å²) in [5.74, 6) is 1.24. The largest absolute Gasteiger partial charge is 0.484 e. The van der Waals surface area contributed by atoms with E-state index in [0.717, 1.165) is 72.4 Å². The van der Waals surface area contributed by atoms with Gasteiger partial charge in [-0.15, -0.1) is 15.3 Å². The molecule has 2 aliphatic heterocycles. The molecule has 2 saturated heterocycles.